The van der Waals surface area contributed by atoms with E-state index in [9.17, 15) is 9.90 Å². The van der Waals surface area contributed by atoms with Crippen LogP contribution in [-0.2, 0) is 9.53 Å². The summed E-state index contributed by atoms with van der Waals surface area (Å²) in [7, 11) is 0. The molecule has 0 spiro atoms. The molecule has 0 radical (unpaired) electrons. The quantitative estimate of drug-likeness (QED) is 0.604. The van der Waals surface area contributed by atoms with Gasteiger partial charge in [0.05, 0.1) is 0 Å². The van der Waals surface area contributed by atoms with E-state index >= 15 is 0 Å². The molecule has 116 valence electrons. The summed E-state index contributed by atoms with van der Waals surface area (Å²) >= 11 is 3.38. The van der Waals surface area contributed by atoms with Gasteiger partial charge in [0.1, 0.15) is 6.04 Å². The lowest BCUT2D eigenvalue weighted by Crippen LogP contribution is -2.30. The molecule has 0 aliphatic heterocycles. The highest BCUT2D eigenvalue weighted by molar-refractivity contribution is 9.10. The van der Waals surface area contributed by atoms with Crippen molar-refractivity contribution in [3.63, 3.8) is 0 Å². The summed E-state index contributed by atoms with van der Waals surface area (Å²) in [5.74, 6) is -0.440. The highest BCUT2D eigenvalue weighted by Gasteiger charge is 2.24. The fourth-order valence-corrected chi connectivity index (χ4v) is 2.25. The van der Waals surface area contributed by atoms with Gasteiger partial charge in [0.2, 0.25) is 6.29 Å². The van der Waals surface area contributed by atoms with Crippen LogP contribution >= 0.6 is 15.9 Å². The van der Waals surface area contributed by atoms with Crippen LogP contribution in [0.5, 0.6) is 0 Å². The zero-order valence-corrected chi connectivity index (χ0v) is 13.8. The van der Waals surface area contributed by atoms with Crippen LogP contribution in [0, 0.1) is 0 Å². The molecule has 4 nitrogen and oxygen atoms in total. The number of halogens is 1. The number of carbonyl (C=O) groups excluding carboxylic acids is 1. The third-order valence-corrected chi connectivity index (χ3v) is 3.68. The van der Waals surface area contributed by atoms with Crippen LogP contribution in [0.3, 0.4) is 0 Å². The van der Waals surface area contributed by atoms with Crippen molar-refractivity contribution in [3.05, 3.63) is 64.6 Å². The van der Waals surface area contributed by atoms with Gasteiger partial charge in [-0.3, -0.25) is 4.79 Å². The predicted octanol–water partition coefficient (Wildman–Crippen LogP) is 3.87. The molecule has 5 heteroatoms. The Morgan fingerprint density at radius 3 is 2.41 bits per heavy atom. The van der Waals surface area contributed by atoms with Crippen molar-refractivity contribution >= 4 is 27.6 Å². The number of rotatable bonds is 6. The summed E-state index contributed by atoms with van der Waals surface area (Å²) in [5.41, 5.74) is 1.66. The zero-order chi connectivity index (χ0) is 15.9. The van der Waals surface area contributed by atoms with E-state index in [1.807, 2.05) is 54.6 Å². The number of aliphatic hydroxyl groups is 1. The molecular weight excluding hydrogens is 346 g/mol. The summed E-state index contributed by atoms with van der Waals surface area (Å²) in [5, 5.41) is 13.5. The molecule has 2 rings (SSSR count). The van der Waals surface area contributed by atoms with Crippen molar-refractivity contribution in [3.8, 4) is 0 Å². The van der Waals surface area contributed by atoms with Crippen molar-refractivity contribution in [1.29, 1.82) is 0 Å². The van der Waals surface area contributed by atoms with Gasteiger partial charge >= 0.3 is 5.97 Å². The number of carbonyl (C=O) groups is 1. The van der Waals surface area contributed by atoms with E-state index in [0.29, 0.717) is 0 Å². The van der Waals surface area contributed by atoms with Gasteiger partial charge in [-0.25, -0.2) is 0 Å². The Labute approximate surface area is 138 Å². The van der Waals surface area contributed by atoms with Crippen LogP contribution in [0.1, 0.15) is 24.9 Å². The number of hydrogen-bond acceptors (Lipinski definition) is 4. The SMILES string of the molecule is CCC(=O)OC(O)C(Nc1ccccc1)c1ccc(Br)cc1. The number of nitrogens with one attached hydrogen (secondary N) is 1. The number of para-hydroxylation sites is 1. The molecule has 0 saturated heterocycles. The topological polar surface area (TPSA) is 58.6 Å². The second kappa shape index (κ2) is 7.96. The Morgan fingerprint density at radius 2 is 1.82 bits per heavy atom. The minimum absolute atomic E-state index is 0.218. The third kappa shape index (κ3) is 4.58. The van der Waals surface area contributed by atoms with Gasteiger partial charge in [-0.15, -0.1) is 0 Å². The molecule has 0 aliphatic rings. The Balaban J connectivity index is 2.23. The second-order valence-electron chi connectivity index (χ2n) is 4.77. The van der Waals surface area contributed by atoms with Crippen LogP contribution in [0.4, 0.5) is 5.69 Å². The van der Waals surface area contributed by atoms with Crippen LogP contribution in [-0.4, -0.2) is 17.4 Å². The van der Waals surface area contributed by atoms with E-state index in [1.165, 1.54) is 0 Å². The van der Waals surface area contributed by atoms with Crippen molar-refractivity contribution in [2.75, 3.05) is 5.32 Å². The molecule has 2 N–H and O–H groups in total. The lowest BCUT2D eigenvalue weighted by Gasteiger charge is -2.25. The van der Waals surface area contributed by atoms with Crippen LogP contribution in [0.15, 0.2) is 59.1 Å². The summed E-state index contributed by atoms with van der Waals surface area (Å²) in [6, 6.07) is 16.4. The van der Waals surface area contributed by atoms with Gasteiger partial charge in [-0.05, 0) is 29.8 Å². The first-order valence-corrected chi connectivity index (χ1v) is 7.84. The Kier molecular flexibility index (Phi) is 5.98. The molecule has 2 atom stereocenters. The van der Waals surface area contributed by atoms with E-state index in [-0.39, 0.29) is 6.42 Å². The molecule has 0 amide bonds. The Bertz CT molecular complexity index is 601. The van der Waals surface area contributed by atoms with Crippen LogP contribution < -0.4 is 5.32 Å². The lowest BCUT2D eigenvalue weighted by atomic mass is 10.1. The third-order valence-electron chi connectivity index (χ3n) is 3.15. The number of benzene rings is 2. The lowest BCUT2D eigenvalue weighted by molar-refractivity contribution is -0.170. The highest BCUT2D eigenvalue weighted by Crippen LogP contribution is 2.25. The average Bonchev–Trinajstić information content (AvgIpc) is 2.54. The van der Waals surface area contributed by atoms with Gasteiger partial charge in [-0.2, -0.15) is 0 Å². The first kappa shape index (κ1) is 16.5. The molecular formula is C17H18BrNO3. The van der Waals surface area contributed by atoms with Crippen molar-refractivity contribution in [2.45, 2.75) is 25.7 Å². The molecule has 0 fully saturated rings. The minimum atomic E-state index is -1.27. The molecule has 2 aromatic carbocycles. The van der Waals surface area contributed by atoms with Crippen molar-refractivity contribution < 1.29 is 14.6 Å². The van der Waals surface area contributed by atoms with E-state index in [2.05, 4.69) is 21.2 Å². The minimum Gasteiger partial charge on any atom is -0.433 e. The number of ether oxygens (including phenoxy) is 1. The zero-order valence-electron chi connectivity index (χ0n) is 12.2. The first-order chi connectivity index (χ1) is 10.6. The van der Waals surface area contributed by atoms with Crippen LogP contribution in [0.25, 0.3) is 0 Å². The normalized spacial score (nSPS) is 13.2. The maximum absolute atomic E-state index is 11.4. The summed E-state index contributed by atoms with van der Waals surface area (Å²) in [6.45, 7) is 1.69. The molecule has 0 bridgehead atoms. The summed E-state index contributed by atoms with van der Waals surface area (Å²) in [4.78, 5) is 11.4. The molecule has 0 aromatic heterocycles. The van der Waals surface area contributed by atoms with Gasteiger partial charge in [0.25, 0.3) is 0 Å². The molecule has 0 saturated carbocycles. The second-order valence-corrected chi connectivity index (χ2v) is 5.69. The predicted molar refractivity (Wildman–Crippen MR) is 89.3 cm³/mol. The van der Waals surface area contributed by atoms with Crippen LogP contribution in [0.2, 0.25) is 0 Å². The Hall–Kier alpha value is -1.85. The van der Waals surface area contributed by atoms with Gasteiger partial charge in [-0.1, -0.05) is 53.2 Å². The number of anilines is 1. The molecule has 22 heavy (non-hydrogen) atoms. The van der Waals surface area contributed by atoms with E-state index in [4.69, 9.17) is 4.74 Å². The molecule has 0 heterocycles. The van der Waals surface area contributed by atoms with Gasteiger partial charge in [0.15, 0.2) is 0 Å². The first-order valence-electron chi connectivity index (χ1n) is 7.04. The fraction of sp³-hybridized carbons (Fsp3) is 0.235. The smallest absolute Gasteiger partial charge is 0.307 e. The molecule has 0 aliphatic carbocycles. The summed E-state index contributed by atoms with van der Waals surface area (Å²) in [6.07, 6.45) is -1.05. The van der Waals surface area contributed by atoms with Crippen molar-refractivity contribution in [2.24, 2.45) is 0 Å². The number of hydrogen-bond donors (Lipinski definition) is 2. The van der Waals surface area contributed by atoms with Crippen molar-refractivity contribution in [1.82, 2.24) is 0 Å². The van der Waals surface area contributed by atoms with E-state index in [0.717, 1.165) is 15.7 Å². The average molecular weight is 364 g/mol. The number of esters is 1. The number of aliphatic hydroxyl groups excluding tert-OH is 1. The monoisotopic (exact) mass is 363 g/mol. The van der Waals surface area contributed by atoms with Gasteiger partial charge < -0.3 is 15.2 Å². The van der Waals surface area contributed by atoms with E-state index in [1.54, 1.807) is 6.92 Å². The summed E-state index contributed by atoms with van der Waals surface area (Å²) < 4.78 is 6.00. The van der Waals surface area contributed by atoms with E-state index < -0.39 is 18.3 Å². The fourth-order valence-electron chi connectivity index (χ4n) is 1.99. The maximum atomic E-state index is 11.4. The molecule has 2 unspecified atom stereocenters. The largest absolute Gasteiger partial charge is 0.433 e. The molecule has 2 aromatic rings. The van der Waals surface area contributed by atoms with Gasteiger partial charge in [0, 0.05) is 16.6 Å². The Morgan fingerprint density at radius 1 is 1.18 bits per heavy atom. The highest BCUT2D eigenvalue weighted by atomic mass is 79.9. The maximum Gasteiger partial charge on any atom is 0.307 e. The standard InChI is InChI=1S/C17H18BrNO3/c1-2-15(20)22-17(21)16(12-8-10-13(18)11-9-12)19-14-6-4-3-5-7-14/h3-11,16-17,19,21H,2H2,1H3.